The van der Waals surface area contributed by atoms with E-state index in [4.69, 9.17) is 0 Å². The average molecular weight is 270 g/mol. The number of aromatic carboxylic acids is 1. The van der Waals surface area contributed by atoms with Gasteiger partial charge in [0.1, 0.15) is 0 Å². The molecular formula is C15H14N2O3. The molecule has 5 heteroatoms. The Labute approximate surface area is 115 Å². The number of hydrogen-bond donors (Lipinski definition) is 1. The van der Waals surface area contributed by atoms with Gasteiger partial charge in [-0.3, -0.25) is 9.78 Å². The van der Waals surface area contributed by atoms with Gasteiger partial charge in [0.05, 0.1) is 11.1 Å². The van der Waals surface area contributed by atoms with E-state index in [1.807, 2.05) is 6.07 Å². The highest BCUT2D eigenvalue weighted by Crippen LogP contribution is 2.26. The molecule has 1 N–H and O–H groups in total. The molecule has 1 saturated heterocycles. The number of carboxylic acid groups (broad SMARTS) is 1. The lowest BCUT2D eigenvalue weighted by Crippen LogP contribution is -2.35. The van der Waals surface area contributed by atoms with Crippen molar-refractivity contribution in [2.75, 3.05) is 11.4 Å². The molecule has 0 saturated carbocycles. The number of aromatic nitrogens is 1. The second-order valence-electron chi connectivity index (χ2n) is 4.87. The fraction of sp³-hybridized carbons (Fsp3) is 0.267. The summed E-state index contributed by atoms with van der Waals surface area (Å²) >= 11 is 0. The molecule has 1 aliphatic heterocycles. The van der Waals surface area contributed by atoms with Gasteiger partial charge in [0, 0.05) is 30.2 Å². The molecule has 1 amide bonds. The number of hydrogen-bond acceptors (Lipinski definition) is 3. The van der Waals surface area contributed by atoms with Gasteiger partial charge in [0.25, 0.3) is 0 Å². The van der Waals surface area contributed by atoms with Crippen LogP contribution in [-0.2, 0) is 4.79 Å². The number of piperidine rings is 1. The molecule has 1 aromatic carbocycles. The van der Waals surface area contributed by atoms with Crippen LogP contribution in [0, 0.1) is 0 Å². The molecule has 1 aromatic heterocycles. The van der Waals surface area contributed by atoms with Crippen LogP contribution in [0.5, 0.6) is 0 Å². The summed E-state index contributed by atoms with van der Waals surface area (Å²) in [4.78, 5) is 29.1. The highest BCUT2D eigenvalue weighted by molar-refractivity contribution is 6.04. The third-order valence-corrected chi connectivity index (χ3v) is 3.59. The molecule has 0 unspecified atom stereocenters. The summed E-state index contributed by atoms with van der Waals surface area (Å²) in [7, 11) is 0. The van der Waals surface area contributed by atoms with E-state index in [0.29, 0.717) is 23.9 Å². The number of carboxylic acids is 1. The first kappa shape index (κ1) is 12.6. The maximum absolute atomic E-state index is 11.9. The molecule has 0 bridgehead atoms. The highest BCUT2D eigenvalue weighted by Gasteiger charge is 2.20. The maximum atomic E-state index is 11.9. The average Bonchev–Trinajstić information content (AvgIpc) is 2.46. The van der Waals surface area contributed by atoms with Crippen LogP contribution in [-0.4, -0.2) is 28.5 Å². The number of rotatable bonds is 2. The van der Waals surface area contributed by atoms with Gasteiger partial charge in [-0.15, -0.1) is 0 Å². The van der Waals surface area contributed by atoms with Gasteiger partial charge in [-0.25, -0.2) is 4.79 Å². The molecule has 0 atom stereocenters. The Morgan fingerprint density at radius 2 is 2.10 bits per heavy atom. The number of anilines is 1. The number of amides is 1. The summed E-state index contributed by atoms with van der Waals surface area (Å²) in [6, 6.07) is 6.81. The Morgan fingerprint density at radius 3 is 2.85 bits per heavy atom. The van der Waals surface area contributed by atoms with Crippen LogP contribution in [0.1, 0.15) is 29.6 Å². The van der Waals surface area contributed by atoms with Crippen molar-refractivity contribution in [3.8, 4) is 0 Å². The van der Waals surface area contributed by atoms with Gasteiger partial charge in [0.2, 0.25) is 5.91 Å². The van der Waals surface area contributed by atoms with Crippen LogP contribution in [0.25, 0.3) is 10.9 Å². The van der Waals surface area contributed by atoms with Crippen LogP contribution in [0.15, 0.2) is 30.5 Å². The molecule has 1 fully saturated rings. The molecule has 1 aliphatic rings. The van der Waals surface area contributed by atoms with Gasteiger partial charge in [-0.2, -0.15) is 0 Å². The van der Waals surface area contributed by atoms with Gasteiger partial charge >= 0.3 is 5.97 Å². The van der Waals surface area contributed by atoms with Crippen molar-refractivity contribution >= 4 is 28.5 Å². The predicted octanol–water partition coefficient (Wildman–Crippen LogP) is 2.45. The lowest BCUT2D eigenvalue weighted by molar-refractivity contribution is -0.119. The molecule has 102 valence electrons. The molecule has 0 spiro atoms. The lowest BCUT2D eigenvalue weighted by Gasteiger charge is -2.27. The van der Waals surface area contributed by atoms with Crippen LogP contribution < -0.4 is 4.90 Å². The lowest BCUT2D eigenvalue weighted by atomic mass is 10.1. The van der Waals surface area contributed by atoms with Crippen LogP contribution in [0.3, 0.4) is 0 Å². The molecule has 0 radical (unpaired) electrons. The third-order valence-electron chi connectivity index (χ3n) is 3.59. The van der Waals surface area contributed by atoms with Gasteiger partial charge < -0.3 is 10.0 Å². The smallest absolute Gasteiger partial charge is 0.336 e. The first-order valence-corrected chi connectivity index (χ1v) is 6.59. The van der Waals surface area contributed by atoms with Gasteiger partial charge in [-0.05, 0) is 37.1 Å². The number of nitrogens with zero attached hydrogens (tertiary/aromatic N) is 2. The highest BCUT2D eigenvalue weighted by atomic mass is 16.4. The van der Waals surface area contributed by atoms with Crippen molar-refractivity contribution in [2.45, 2.75) is 19.3 Å². The first-order valence-electron chi connectivity index (χ1n) is 6.59. The zero-order valence-electron chi connectivity index (χ0n) is 10.9. The topological polar surface area (TPSA) is 70.5 Å². The summed E-state index contributed by atoms with van der Waals surface area (Å²) in [5.41, 5.74) is 1.58. The second kappa shape index (κ2) is 4.92. The molecular weight excluding hydrogens is 256 g/mol. The van der Waals surface area contributed by atoms with E-state index in [2.05, 4.69) is 4.98 Å². The maximum Gasteiger partial charge on any atom is 0.336 e. The number of fused-ring (bicyclic) bond motifs is 1. The van der Waals surface area contributed by atoms with E-state index < -0.39 is 5.97 Å². The molecule has 2 aromatic rings. The van der Waals surface area contributed by atoms with E-state index in [-0.39, 0.29) is 11.5 Å². The Kier molecular flexibility index (Phi) is 3.10. The van der Waals surface area contributed by atoms with E-state index in [9.17, 15) is 14.7 Å². The third kappa shape index (κ3) is 2.11. The van der Waals surface area contributed by atoms with E-state index in [1.165, 1.54) is 12.3 Å². The molecule has 2 heterocycles. The summed E-state index contributed by atoms with van der Waals surface area (Å²) in [5.74, 6) is -0.893. The van der Waals surface area contributed by atoms with Crippen molar-refractivity contribution in [2.24, 2.45) is 0 Å². The molecule has 5 nitrogen and oxygen atoms in total. The molecule has 3 rings (SSSR count). The number of pyridine rings is 1. The van der Waals surface area contributed by atoms with Crippen LogP contribution >= 0.6 is 0 Å². The van der Waals surface area contributed by atoms with Crippen molar-refractivity contribution in [3.05, 3.63) is 36.0 Å². The Morgan fingerprint density at radius 1 is 1.25 bits per heavy atom. The monoisotopic (exact) mass is 270 g/mol. The van der Waals surface area contributed by atoms with Crippen LogP contribution in [0.4, 0.5) is 5.69 Å². The predicted molar refractivity (Wildman–Crippen MR) is 74.9 cm³/mol. The SMILES string of the molecule is O=C(O)c1ccnc2ccc(N3CCCCC3=O)cc12. The number of benzene rings is 1. The zero-order valence-corrected chi connectivity index (χ0v) is 10.9. The standard InChI is InChI=1S/C15H14N2O3/c18-14-3-1-2-8-17(14)10-4-5-13-12(9-10)11(15(19)20)6-7-16-13/h4-7,9H,1-3,8H2,(H,19,20). The zero-order chi connectivity index (χ0) is 14.1. The summed E-state index contributed by atoms with van der Waals surface area (Å²) in [6.07, 6.45) is 3.93. The first-order chi connectivity index (χ1) is 9.66. The fourth-order valence-corrected chi connectivity index (χ4v) is 2.57. The normalized spacial score (nSPS) is 15.6. The van der Waals surface area contributed by atoms with E-state index >= 15 is 0 Å². The Hall–Kier alpha value is -2.43. The largest absolute Gasteiger partial charge is 0.478 e. The van der Waals surface area contributed by atoms with Gasteiger partial charge in [0.15, 0.2) is 0 Å². The minimum absolute atomic E-state index is 0.0939. The van der Waals surface area contributed by atoms with Crippen molar-refractivity contribution < 1.29 is 14.7 Å². The minimum atomic E-state index is -0.987. The van der Waals surface area contributed by atoms with E-state index in [0.717, 1.165) is 18.5 Å². The summed E-state index contributed by atoms with van der Waals surface area (Å²) in [5, 5.41) is 9.79. The van der Waals surface area contributed by atoms with E-state index in [1.54, 1.807) is 17.0 Å². The van der Waals surface area contributed by atoms with Crippen molar-refractivity contribution in [1.82, 2.24) is 4.98 Å². The molecule has 20 heavy (non-hydrogen) atoms. The number of carbonyl (C=O) groups is 2. The minimum Gasteiger partial charge on any atom is -0.478 e. The van der Waals surface area contributed by atoms with Crippen molar-refractivity contribution in [3.63, 3.8) is 0 Å². The fourth-order valence-electron chi connectivity index (χ4n) is 2.57. The quantitative estimate of drug-likeness (QED) is 0.910. The summed E-state index contributed by atoms with van der Waals surface area (Å²) in [6.45, 7) is 0.688. The van der Waals surface area contributed by atoms with Crippen molar-refractivity contribution in [1.29, 1.82) is 0 Å². The molecule has 0 aliphatic carbocycles. The Bertz CT molecular complexity index is 697. The number of carbonyl (C=O) groups excluding carboxylic acids is 1. The van der Waals surface area contributed by atoms with Gasteiger partial charge in [-0.1, -0.05) is 0 Å². The Balaban J connectivity index is 2.11. The summed E-state index contributed by atoms with van der Waals surface area (Å²) < 4.78 is 0. The van der Waals surface area contributed by atoms with Crippen LogP contribution in [0.2, 0.25) is 0 Å². The second-order valence-corrected chi connectivity index (χ2v) is 4.87.